The maximum Gasteiger partial charge on any atom is 0.0490 e. The van der Waals surface area contributed by atoms with Crippen molar-refractivity contribution in [3.63, 3.8) is 0 Å². The van der Waals surface area contributed by atoms with Gasteiger partial charge in [0.1, 0.15) is 0 Å². The molecule has 16 heavy (non-hydrogen) atoms. The Labute approximate surface area is 103 Å². The molecule has 2 rings (SSSR count). The highest BCUT2D eigenvalue weighted by Crippen LogP contribution is 2.17. The molecule has 1 heterocycles. The summed E-state index contributed by atoms with van der Waals surface area (Å²) in [7, 11) is 0. The molecule has 0 aliphatic heterocycles. The van der Waals surface area contributed by atoms with Crippen LogP contribution in [0.4, 0.5) is 0 Å². The Bertz CT molecular complexity index is 439. The van der Waals surface area contributed by atoms with Gasteiger partial charge < -0.3 is 5.32 Å². The van der Waals surface area contributed by atoms with Gasteiger partial charge in [0.2, 0.25) is 0 Å². The highest BCUT2D eigenvalue weighted by atomic mass is 79.9. The van der Waals surface area contributed by atoms with Crippen LogP contribution in [0.3, 0.4) is 0 Å². The van der Waals surface area contributed by atoms with Crippen molar-refractivity contribution in [1.29, 1.82) is 0 Å². The van der Waals surface area contributed by atoms with Crippen LogP contribution in [0.25, 0.3) is 0 Å². The summed E-state index contributed by atoms with van der Waals surface area (Å²) in [6.45, 7) is 2.95. The first-order valence-corrected chi connectivity index (χ1v) is 6.02. The van der Waals surface area contributed by atoms with E-state index in [0.717, 1.165) is 16.7 Å². The first-order chi connectivity index (χ1) is 7.75. The van der Waals surface area contributed by atoms with Gasteiger partial charge in [-0.2, -0.15) is 5.10 Å². The molecule has 0 amide bonds. The normalized spacial score (nSPS) is 12.6. The molecule has 1 aromatic heterocycles. The van der Waals surface area contributed by atoms with Crippen molar-refractivity contribution in [2.24, 2.45) is 0 Å². The molecule has 0 aliphatic carbocycles. The van der Waals surface area contributed by atoms with Gasteiger partial charge in [-0.3, -0.25) is 5.10 Å². The van der Waals surface area contributed by atoms with Crippen molar-refractivity contribution in [1.82, 2.24) is 15.5 Å². The van der Waals surface area contributed by atoms with Gasteiger partial charge in [0.15, 0.2) is 0 Å². The number of nitrogens with one attached hydrogen (secondary N) is 2. The number of benzene rings is 1. The second-order valence-electron chi connectivity index (χ2n) is 3.74. The van der Waals surface area contributed by atoms with Crippen LogP contribution in [0, 0.1) is 0 Å². The van der Waals surface area contributed by atoms with Crippen LogP contribution in [0.1, 0.15) is 24.2 Å². The third kappa shape index (κ3) is 2.93. The SMILES string of the molecule is CC(NCc1ccn[nH]1)c1cccc(Br)c1. The van der Waals surface area contributed by atoms with Crippen molar-refractivity contribution in [2.45, 2.75) is 19.5 Å². The third-order valence-corrected chi connectivity index (χ3v) is 3.00. The van der Waals surface area contributed by atoms with Gasteiger partial charge >= 0.3 is 0 Å². The second-order valence-corrected chi connectivity index (χ2v) is 4.66. The Balaban J connectivity index is 1.95. The molecule has 0 saturated heterocycles. The Kier molecular flexibility index (Phi) is 3.74. The summed E-state index contributed by atoms with van der Waals surface area (Å²) in [6, 6.07) is 10.6. The van der Waals surface area contributed by atoms with E-state index in [0.29, 0.717) is 6.04 Å². The highest BCUT2D eigenvalue weighted by molar-refractivity contribution is 9.10. The topological polar surface area (TPSA) is 40.7 Å². The number of rotatable bonds is 4. The smallest absolute Gasteiger partial charge is 0.0490 e. The van der Waals surface area contributed by atoms with Crippen LogP contribution in [-0.4, -0.2) is 10.2 Å². The minimum Gasteiger partial charge on any atom is -0.305 e. The van der Waals surface area contributed by atoms with Crippen LogP contribution in [0.15, 0.2) is 41.0 Å². The number of nitrogens with zero attached hydrogens (tertiary/aromatic N) is 1. The summed E-state index contributed by atoms with van der Waals surface area (Å²) in [4.78, 5) is 0. The average molecular weight is 280 g/mol. The summed E-state index contributed by atoms with van der Waals surface area (Å²) < 4.78 is 1.11. The summed E-state index contributed by atoms with van der Waals surface area (Å²) in [5, 5.41) is 10.3. The van der Waals surface area contributed by atoms with E-state index in [4.69, 9.17) is 0 Å². The van der Waals surface area contributed by atoms with Gasteiger partial charge in [-0.15, -0.1) is 0 Å². The Hall–Kier alpha value is -1.13. The molecule has 1 unspecified atom stereocenters. The summed E-state index contributed by atoms with van der Waals surface area (Å²) >= 11 is 3.48. The fourth-order valence-electron chi connectivity index (χ4n) is 1.54. The minimum absolute atomic E-state index is 0.320. The van der Waals surface area contributed by atoms with Crippen molar-refractivity contribution in [2.75, 3.05) is 0 Å². The lowest BCUT2D eigenvalue weighted by Gasteiger charge is -2.13. The lowest BCUT2D eigenvalue weighted by atomic mass is 10.1. The molecule has 0 radical (unpaired) electrons. The maximum atomic E-state index is 3.91. The van der Waals surface area contributed by atoms with Gasteiger partial charge in [0, 0.05) is 29.0 Å². The molecule has 1 aromatic carbocycles. The van der Waals surface area contributed by atoms with Gasteiger partial charge in [0.05, 0.1) is 0 Å². The standard InChI is InChI=1S/C12H14BrN3/c1-9(10-3-2-4-11(13)7-10)14-8-12-5-6-15-16-12/h2-7,9,14H,8H2,1H3,(H,15,16). The fraction of sp³-hybridized carbons (Fsp3) is 0.250. The van der Waals surface area contributed by atoms with Gasteiger partial charge in [-0.1, -0.05) is 28.1 Å². The highest BCUT2D eigenvalue weighted by Gasteiger charge is 2.05. The maximum absolute atomic E-state index is 3.91. The third-order valence-electron chi connectivity index (χ3n) is 2.51. The molecule has 0 saturated carbocycles. The predicted octanol–water partition coefficient (Wildman–Crippen LogP) is 3.02. The number of halogens is 1. The van der Waals surface area contributed by atoms with Crippen molar-refractivity contribution in [3.8, 4) is 0 Å². The average Bonchev–Trinajstić information content (AvgIpc) is 2.78. The minimum atomic E-state index is 0.320. The molecular weight excluding hydrogens is 266 g/mol. The zero-order valence-electron chi connectivity index (χ0n) is 9.07. The molecule has 84 valence electrons. The van der Waals surface area contributed by atoms with Crippen LogP contribution in [-0.2, 0) is 6.54 Å². The molecular formula is C12H14BrN3. The van der Waals surface area contributed by atoms with Crippen molar-refractivity contribution >= 4 is 15.9 Å². The Morgan fingerprint density at radius 3 is 3.00 bits per heavy atom. The monoisotopic (exact) mass is 279 g/mol. The van der Waals surface area contributed by atoms with Gasteiger partial charge in [0.25, 0.3) is 0 Å². The molecule has 0 aliphatic rings. The first-order valence-electron chi connectivity index (χ1n) is 5.23. The molecule has 3 nitrogen and oxygen atoms in total. The van der Waals surface area contributed by atoms with E-state index < -0.39 is 0 Å². The second kappa shape index (κ2) is 5.27. The van der Waals surface area contributed by atoms with E-state index in [-0.39, 0.29) is 0 Å². The van der Waals surface area contributed by atoms with Gasteiger partial charge in [-0.05, 0) is 30.7 Å². The van der Waals surface area contributed by atoms with Crippen molar-refractivity contribution < 1.29 is 0 Å². The van der Waals surface area contributed by atoms with E-state index in [1.807, 2.05) is 18.2 Å². The lowest BCUT2D eigenvalue weighted by molar-refractivity contribution is 0.567. The van der Waals surface area contributed by atoms with Crippen LogP contribution in [0.5, 0.6) is 0 Å². The molecule has 2 N–H and O–H groups in total. The van der Waals surface area contributed by atoms with Crippen LogP contribution < -0.4 is 5.32 Å². The zero-order valence-corrected chi connectivity index (χ0v) is 10.7. The molecule has 0 fully saturated rings. The number of hydrogen-bond acceptors (Lipinski definition) is 2. The summed E-state index contributed by atoms with van der Waals surface area (Å²) in [6.07, 6.45) is 1.76. The van der Waals surface area contributed by atoms with E-state index in [1.54, 1.807) is 6.20 Å². The largest absolute Gasteiger partial charge is 0.305 e. The molecule has 4 heteroatoms. The molecule has 0 spiro atoms. The molecule has 1 atom stereocenters. The summed E-state index contributed by atoms with van der Waals surface area (Å²) in [5.74, 6) is 0. The van der Waals surface area contributed by atoms with Crippen LogP contribution >= 0.6 is 15.9 Å². The van der Waals surface area contributed by atoms with Crippen molar-refractivity contribution in [3.05, 3.63) is 52.3 Å². The number of hydrogen-bond donors (Lipinski definition) is 2. The van der Waals surface area contributed by atoms with E-state index in [2.05, 4.69) is 50.5 Å². The number of aromatic nitrogens is 2. The van der Waals surface area contributed by atoms with E-state index in [9.17, 15) is 0 Å². The number of aromatic amines is 1. The quantitative estimate of drug-likeness (QED) is 0.903. The molecule has 0 bridgehead atoms. The van der Waals surface area contributed by atoms with E-state index in [1.165, 1.54) is 5.56 Å². The number of H-pyrrole nitrogens is 1. The van der Waals surface area contributed by atoms with E-state index >= 15 is 0 Å². The van der Waals surface area contributed by atoms with Gasteiger partial charge in [-0.25, -0.2) is 0 Å². The molecule has 2 aromatic rings. The Morgan fingerprint density at radius 1 is 1.44 bits per heavy atom. The van der Waals surface area contributed by atoms with Crippen LogP contribution in [0.2, 0.25) is 0 Å². The Morgan fingerprint density at radius 2 is 2.31 bits per heavy atom. The summed E-state index contributed by atoms with van der Waals surface area (Å²) in [5.41, 5.74) is 2.37. The fourth-order valence-corrected chi connectivity index (χ4v) is 1.96. The lowest BCUT2D eigenvalue weighted by Crippen LogP contribution is -2.18. The zero-order chi connectivity index (χ0) is 11.4. The predicted molar refractivity (Wildman–Crippen MR) is 68.0 cm³/mol. The first kappa shape index (κ1) is 11.4.